The molecule has 0 radical (unpaired) electrons. The van der Waals surface area contributed by atoms with Gasteiger partial charge < -0.3 is 14.2 Å². The lowest BCUT2D eigenvalue weighted by atomic mass is 10.1. The van der Waals surface area contributed by atoms with Crippen LogP contribution in [0.15, 0.2) is 47.4 Å². The van der Waals surface area contributed by atoms with Gasteiger partial charge in [-0.2, -0.15) is 0 Å². The lowest BCUT2D eigenvalue weighted by molar-refractivity contribution is -0.113. The molecule has 0 unspecified atom stereocenters. The van der Waals surface area contributed by atoms with Crippen LogP contribution in [0.1, 0.15) is 19.4 Å². The summed E-state index contributed by atoms with van der Waals surface area (Å²) in [7, 11) is 1.60. The number of thioether (sulfide) groups is 1. The molecular weight excluding hydrogens is 394 g/mol. The smallest absolute Gasteiger partial charge is 0.270 e. The SMILES string of the molecule is CCOc1ccc(OCC)c(/C=C2\SC(=S)N(c3ccc(OC)cc3)C2=O)c1. The van der Waals surface area contributed by atoms with Gasteiger partial charge in [0.05, 0.1) is 30.9 Å². The first-order valence-electron chi connectivity index (χ1n) is 8.89. The fourth-order valence-electron chi connectivity index (χ4n) is 2.75. The van der Waals surface area contributed by atoms with E-state index in [0.717, 1.165) is 17.1 Å². The number of thiocarbonyl (C=S) groups is 1. The largest absolute Gasteiger partial charge is 0.497 e. The summed E-state index contributed by atoms with van der Waals surface area (Å²) < 4.78 is 16.9. The molecule has 2 aromatic carbocycles. The molecule has 7 heteroatoms. The lowest BCUT2D eigenvalue weighted by Gasteiger charge is -2.14. The molecule has 3 rings (SSSR count). The molecular formula is C21H21NO4S2. The maximum Gasteiger partial charge on any atom is 0.270 e. The van der Waals surface area contributed by atoms with Gasteiger partial charge in [0, 0.05) is 5.56 Å². The molecule has 0 aliphatic carbocycles. The molecule has 0 aromatic heterocycles. The van der Waals surface area contributed by atoms with Gasteiger partial charge in [0.25, 0.3) is 5.91 Å². The zero-order valence-corrected chi connectivity index (χ0v) is 17.6. The van der Waals surface area contributed by atoms with Gasteiger partial charge in [-0.3, -0.25) is 9.69 Å². The second kappa shape index (κ2) is 9.12. The number of methoxy groups -OCH3 is 1. The molecule has 1 fully saturated rings. The molecule has 0 spiro atoms. The molecule has 28 heavy (non-hydrogen) atoms. The van der Waals surface area contributed by atoms with E-state index in [1.807, 2.05) is 44.2 Å². The Kier molecular flexibility index (Phi) is 6.59. The van der Waals surface area contributed by atoms with E-state index in [9.17, 15) is 4.79 Å². The predicted molar refractivity (Wildman–Crippen MR) is 117 cm³/mol. The number of carbonyl (C=O) groups is 1. The maximum absolute atomic E-state index is 13.0. The highest BCUT2D eigenvalue weighted by Gasteiger charge is 2.33. The first-order chi connectivity index (χ1) is 13.6. The van der Waals surface area contributed by atoms with Crippen LogP contribution < -0.4 is 19.1 Å². The van der Waals surface area contributed by atoms with Gasteiger partial charge in [-0.25, -0.2) is 0 Å². The Balaban J connectivity index is 1.93. The normalized spacial score (nSPS) is 15.2. The number of benzene rings is 2. The van der Waals surface area contributed by atoms with Crippen molar-refractivity contribution in [3.8, 4) is 17.2 Å². The summed E-state index contributed by atoms with van der Waals surface area (Å²) in [4.78, 5) is 15.1. The third-order valence-corrected chi connectivity index (χ3v) is 5.31. The second-order valence-electron chi connectivity index (χ2n) is 5.78. The zero-order valence-electron chi connectivity index (χ0n) is 15.9. The molecule has 5 nitrogen and oxygen atoms in total. The van der Waals surface area contributed by atoms with Gasteiger partial charge in [-0.15, -0.1) is 0 Å². The van der Waals surface area contributed by atoms with Crippen molar-refractivity contribution in [1.82, 2.24) is 0 Å². The van der Waals surface area contributed by atoms with Crippen LogP contribution >= 0.6 is 24.0 Å². The fraction of sp³-hybridized carbons (Fsp3) is 0.238. The zero-order chi connectivity index (χ0) is 20.1. The third kappa shape index (κ3) is 4.31. The van der Waals surface area contributed by atoms with E-state index in [2.05, 4.69) is 0 Å². The maximum atomic E-state index is 13.0. The number of hydrogen-bond donors (Lipinski definition) is 0. The van der Waals surface area contributed by atoms with E-state index < -0.39 is 0 Å². The Morgan fingerprint density at radius 3 is 2.36 bits per heavy atom. The summed E-state index contributed by atoms with van der Waals surface area (Å²) >= 11 is 6.71. The van der Waals surface area contributed by atoms with Crippen molar-refractivity contribution in [1.29, 1.82) is 0 Å². The van der Waals surface area contributed by atoms with Crippen LogP contribution in [0.25, 0.3) is 6.08 Å². The van der Waals surface area contributed by atoms with Gasteiger partial charge in [0.15, 0.2) is 4.32 Å². The van der Waals surface area contributed by atoms with Crippen molar-refractivity contribution in [3.63, 3.8) is 0 Å². The number of amides is 1. The van der Waals surface area contributed by atoms with E-state index in [0.29, 0.717) is 33.9 Å². The first-order valence-corrected chi connectivity index (χ1v) is 10.1. The van der Waals surface area contributed by atoms with Crippen LogP contribution in [0, 0.1) is 0 Å². The third-order valence-electron chi connectivity index (χ3n) is 4.00. The Morgan fingerprint density at radius 1 is 1.04 bits per heavy atom. The standard InChI is InChI=1S/C21H21NO4S2/c1-4-25-17-10-11-18(26-5-2)14(12-17)13-19-20(23)22(21(27)28-19)15-6-8-16(24-3)9-7-15/h6-13H,4-5H2,1-3H3/b19-13-. The van der Waals surface area contributed by atoms with Crippen LogP contribution in [0.4, 0.5) is 5.69 Å². The first kappa shape index (κ1) is 20.2. The van der Waals surface area contributed by atoms with Gasteiger partial charge in [0.2, 0.25) is 0 Å². The van der Waals surface area contributed by atoms with Crippen molar-refractivity contribution < 1.29 is 19.0 Å². The number of rotatable bonds is 7. The molecule has 1 aliphatic heterocycles. The summed E-state index contributed by atoms with van der Waals surface area (Å²) in [5.41, 5.74) is 1.49. The highest BCUT2D eigenvalue weighted by atomic mass is 32.2. The van der Waals surface area contributed by atoms with Gasteiger partial charge in [-0.1, -0.05) is 24.0 Å². The predicted octanol–water partition coefficient (Wildman–Crippen LogP) is 4.90. The summed E-state index contributed by atoms with van der Waals surface area (Å²) in [5, 5.41) is 0. The highest BCUT2D eigenvalue weighted by molar-refractivity contribution is 8.27. The molecule has 0 bridgehead atoms. The summed E-state index contributed by atoms with van der Waals surface area (Å²) in [6.07, 6.45) is 1.80. The van der Waals surface area contributed by atoms with Crippen LogP contribution in [-0.4, -0.2) is 30.6 Å². The van der Waals surface area contributed by atoms with E-state index in [1.165, 1.54) is 16.7 Å². The minimum absolute atomic E-state index is 0.163. The Morgan fingerprint density at radius 2 is 1.71 bits per heavy atom. The summed E-state index contributed by atoms with van der Waals surface area (Å²) in [6.45, 7) is 4.94. The van der Waals surface area contributed by atoms with Crippen molar-refractivity contribution in [2.75, 3.05) is 25.2 Å². The van der Waals surface area contributed by atoms with Crippen LogP contribution in [-0.2, 0) is 4.79 Å². The quantitative estimate of drug-likeness (QED) is 0.474. The minimum atomic E-state index is -0.163. The monoisotopic (exact) mass is 415 g/mol. The van der Waals surface area contributed by atoms with E-state index in [4.69, 9.17) is 26.4 Å². The van der Waals surface area contributed by atoms with E-state index >= 15 is 0 Å². The fourth-order valence-corrected chi connectivity index (χ4v) is 4.04. The van der Waals surface area contributed by atoms with Crippen LogP contribution in [0.5, 0.6) is 17.2 Å². The Labute approximate surface area is 174 Å². The highest BCUT2D eigenvalue weighted by Crippen LogP contribution is 2.38. The Bertz CT molecular complexity index is 909. The lowest BCUT2D eigenvalue weighted by Crippen LogP contribution is -2.27. The van der Waals surface area contributed by atoms with E-state index in [-0.39, 0.29) is 5.91 Å². The van der Waals surface area contributed by atoms with Gasteiger partial charge >= 0.3 is 0 Å². The molecule has 1 amide bonds. The van der Waals surface area contributed by atoms with Crippen LogP contribution in [0.2, 0.25) is 0 Å². The molecule has 0 atom stereocenters. The van der Waals surface area contributed by atoms with Gasteiger partial charge in [-0.05, 0) is 62.4 Å². The number of anilines is 1. The average molecular weight is 416 g/mol. The molecule has 1 heterocycles. The molecule has 2 aromatic rings. The van der Waals surface area contributed by atoms with Crippen LogP contribution in [0.3, 0.4) is 0 Å². The van der Waals surface area contributed by atoms with Gasteiger partial charge in [0.1, 0.15) is 17.2 Å². The summed E-state index contributed by atoms with van der Waals surface area (Å²) in [6, 6.07) is 12.8. The molecule has 146 valence electrons. The van der Waals surface area contributed by atoms with Crippen molar-refractivity contribution in [2.24, 2.45) is 0 Å². The van der Waals surface area contributed by atoms with E-state index in [1.54, 1.807) is 25.3 Å². The van der Waals surface area contributed by atoms with Crippen molar-refractivity contribution >= 4 is 46.0 Å². The average Bonchev–Trinajstić information content (AvgIpc) is 2.97. The topological polar surface area (TPSA) is 48.0 Å². The minimum Gasteiger partial charge on any atom is -0.497 e. The molecule has 1 aliphatic rings. The molecule has 0 saturated carbocycles. The molecule has 0 N–H and O–H groups in total. The van der Waals surface area contributed by atoms with Crippen molar-refractivity contribution in [3.05, 3.63) is 52.9 Å². The number of nitrogens with zero attached hydrogens (tertiary/aromatic N) is 1. The second-order valence-corrected chi connectivity index (χ2v) is 7.46. The molecule has 1 saturated heterocycles. The number of hydrogen-bond acceptors (Lipinski definition) is 6. The summed E-state index contributed by atoms with van der Waals surface area (Å²) in [5.74, 6) is 1.98. The number of carbonyl (C=O) groups excluding carboxylic acids is 1. The number of ether oxygens (including phenoxy) is 3. The van der Waals surface area contributed by atoms with Crippen molar-refractivity contribution in [2.45, 2.75) is 13.8 Å². The Hall–Kier alpha value is -2.51.